The molecule has 1 amide bonds. The van der Waals surface area contributed by atoms with Crippen molar-refractivity contribution >= 4 is 5.91 Å². The minimum atomic E-state index is -0.413. The molecule has 4 rings (SSSR count). The SMILES string of the molecule is O=C(c1ccccc1-n1cc(C2CC2)nn1)N1CC[C@@H](O)C1. The van der Waals surface area contributed by atoms with Gasteiger partial charge >= 0.3 is 0 Å². The summed E-state index contributed by atoms with van der Waals surface area (Å²) >= 11 is 0. The van der Waals surface area contributed by atoms with Crippen molar-refractivity contribution in [3.8, 4) is 5.69 Å². The van der Waals surface area contributed by atoms with E-state index in [4.69, 9.17) is 0 Å². The summed E-state index contributed by atoms with van der Waals surface area (Å²) in [6.45, 7) is 0.997. The molecule has 1 saturated carbocycles. The molecule has 1 aromatic heterocycles. The van der Waals surface area contributed by atoms with Crippen LogP contribution in [0.2, 0.25) is 0 Å². The zero-order valence-electron chi connectivity index (χ0n) is 12.2. The number of carbonyl (C=O) groups excluding carboxylic acids is 1. The number of aliphatic hydroxyl groups is 1. The predicted molar refractivity (Wildman–Crippen MR) is 79.9 cm³/mol. The third-order valence-corrected chi connectivity index (χ3v) is 4.34. The minimum Gasteiger partial charge on any atom is -0.391 e. The Morgan fingerprint density at radius 3 is 2.77 bits per heavy atom. The van der Waals surface area contributed by atoms with E-state index in [2.05, 4.69) is 10.3 Å². The van der Waals surface area contributed by atoms with Crippen molar-refractivity contribution in [2.24, 2.45) is 0 Å². The topological polar surface area (TPSA) is 71.2 Å². The van der Waals surface area contributed by atoms with Crippen LogP contribution in [-0.2, 0) is 0 Å². The molecule has 2 heterocycles. The van der Waals surface area contributed by atoms with Crippen molar-refractivity contribution in [3.05, 3.63) is 41.7 Å². The van der Waals surface area contributed by atoms with Crippen molar-refractivity contribution in [2.75, 3.05) is 13.1 Å². The second-order valence-corrected chi connectivity index (χ2v) is 6.07. The van der Waals surface area contributed by atoms with Crippen LogP contribution in [0.1, 0.15) is 41.2 Å². The van der Waals surface area contributed by atoms with Gasteiger partial charge in [0.05, 0.1) is 29.2 Å². The molecule has 0 bridgehead atoms. The van der Waals surface area contributed by atoms with E-state index in [-0.39, 0.29) is 5.91 Å². The Morgan fingerprint density at radius 1 is 1.23 bits per heavy atom. The molecule has 0 unspecified atom stereocenters. The first-order valence-corrected chi connectivity index (χ1v) is 7.71. The fourth-order valence-corrected chi connectivity index (χ4v) is 2.91. The molecule has 1 aromatic carbocycles. The van der Waals surface area contributed by atoms with Gasteiger partial charge in [0.15, 0.2) is 0 Å². The molecule has 1 aliphatic carbocycles. The fourth-order valence-electron chi connectivity index (χ4n) is 2.91. The van der Waals surface area contributed by atoms with Gasteiger partial charge in [0.2, 0.25) is 0 Å². The monoisotopic (exact) mass is 298 g/mol. The lowest BCUT2D eigenvalue weighted by Gasteiger charge is -2.17. The number of nitrogens with zero attached hydrogens (tertiary/aromatic N) is 4. The molecule has 2 aliphatic rings. The average Bonchev–Trinajstić information content (AvgIpc) is 3.11. The first-order valence-electron chi connectivity index (χ1n) is 7.71. The van der Waals surface area contributed by atoms with E-state index in [1.165, 1.54) is 12.8 Å². The maximum atomic E-state index is 12.7. The molecule has 1 aliphatic heterocycles. The molecule has 2 fully saturated rings. The third kappa shape index (κ3) is 2.39. The lowest BCUT2D eigenvalue weighted by atomic mass is 10.1. The van der Waals surface area contributed by atoms with Gasteiger partial charge in [0, 0.05) is 19.0 Å². The van der Waals surface area contributed by atoms with Crippen molar-refractivity contribution in [3.63, 3.8) is 0 Å². The van der Waals surface area contributed by atoms with Crippen LogP contribution in [0.15, 0.2) is 30.5 Å². The van der Waals surface area contributed by atoms with Gasteiger partial charge in [0.25, 0.3) is 5.91 Å². The van der Waals surface area contributed by atoms with Crippen LogP contribution < -0.4 is 0 Å². The van der Waals surface area contributed by atoms with Gasteiger partial charge in [-0.2, -0.15) is 0 Å². The number of aromatic nitrogens is 3. The highest BCUT2D eigenvalue weighted by Gasteiger charge is 2.29. The number of para-hydroxylation sites is 1. The molecule has 6 heteroatoms. The summed E-state index contributed by atoms with van der Waals surface area (Å²) < 4.78 is 1.69. The molecule has 114 valence electrons. The molecule has 0 radical (unpaired) electrons. The highest BCUT2D eigenvalue weighted by atomic mass is 16.3. The van der Waals surface area contributed by atoms with Crippen LogP contribution in [0, 0.1) is 0 Å². The summed E-state index contributed by atoms with van der Waals surface area (Å²) in [7, 11) is 0. The molecular formula is C16H18N4O2. The first-order chi connectivity index (χ1) is 10.7. The lowest BCUT2D eigenvalue weighted by Crippen LogP contribution is -2.30. The van der Waals surface area contributed by atoms with Gasteiger partial charge in [-0.3, -0.25) is 4.79 Å². The first kappa shape index (κ1) is 13.5. The smallest absolute Gasteiger partial charge is 0.256 e. The summed E-state index contributed by atoms with van der Waals surface area (Å²) in [4.78, 5) is 14.4. The number of likely N-dealkylation sites (tertiary alicyclic amines) is 1. The highest BCUT2D eigenvalue weighted by molar-refractivity contribution is 5.97. The van der Waals surface area contributed by atoms with Crippen LogP contribution in [-0.4, -0.2) is 50.1 Å². The van der Waals surface area contributed by atoms with Crippen LogP contribution in [0.4, 0.5) is 0 Å². The number of rotatable bonds is 3. The van der Waals surface area contributed by atoms with Gasteiger partial charge in [0.1, 0.15) is 0 Å². The van der Waals surface area contributed by atoms with E-state index >= 15 is 0 Å². The minimum absolute atomic E-state index is 0.0596. The lowest BCUT2D eigenvalue weighted by molar-refractivity contribution is 0.0765. The summed E-state index contributed by atoms with van der Waals surface area (Å²) in [5, 5.41) is 18.0. The molecule has 0 spiro atoms. The number of hydrogen-bond acceptors (Lipinski definition) is 4. The predicted octanol–water partition coefficient (Wildman–Crippen LogP) is 1.35. The largest absolute Gasteiger partial charge is 0.391 e. The van der Waals surface area contributed by atoms with Gasteiger partial charge in [-0.25, -0.2) is 4.68 Å². The van der Waals surface area contributed by atoms with E-state index in [0.29, 0.717) is 31.0 Å². The van der Waals surface area contributed by atoms with E-state index in [1.54, 1.807) is 15.6 Å². The Balaban J connectivity index is 1.66. The Morgan fingerprint density at radius 2 is 2.05 bits per heavy atom. The summed E-state index contributed by atoms with van der Waals surface area (Å²) in [5.41, 5.74) is 2.34. The zero-order chi connectivity index (χ0) is 15.1. The van der Waals surface area contributed by atoms with Crippen LogP contribution >= 0.6 is 0 Å². The molecule has 1 saturated heterocycles. The van der Waals surface area contributed by atoms with Gasteiger partial charge < -0.3 is 10.0 Å². The quantitative estimate of drug-likeness (QED) is 0.928. The molecular weight excluding hydrogens is 280 g/mol. The molecule has 2 aromatic rings. The molecule has 22 heavy (non-hydrogen) atoms. The summed E-state index contributed by atoms with van der Waals surface area (Å²) in [5.74, 6) is 0.473. The average molecular weight is 298 g/mol. The highest BCUT2D eigenvalue weighted by Crippen LogP contribution is 2.38. The maximum absolute atomic E-state index is 12.7. The van der Waals surface area contributed by atoms with Crippen LogP contribution in [0.25, 0.3) is 5.69 Å². The molecule has 6 nitrogen and oxygen atoms in total. The zero-order valence-corrected chi connectivity index (χ0v) is 12.2. The summed E-state index contributed by atoms with van der Waals surface area (Å²) in [6, 6.07) is 7.43. The van der Waals surface area contributed by atoms with E-state index in [1.807, 2.05) is 24.4 Å². The number of carbonyl (C=O) groups is 1. The Labute approximate surface area is 128 Å². The number of benzene rings is 1. The van der Waals surface area contributed by atoms with Gasteiger partial charge in [-0.05, 0) is 31.4 Å². The van der Waals surface area contributed by atoms with Crippen molar-refractivity contribution in [1.82, 2.24) is 19.9 Å². The van der Waals surface area contributed by atoms with E-state index in [0.717, 1.165) is 11.4 Å². The standard InChI is InChI=1S/C16H18N4O2/c21-12-7-8-19(9-12)16(22)13-3-1-2-4-15(13)20-10-14(17-18-20)11-5-6-11/h1-4,10-12,21H,5-9H2/t12-/m1/s1. The number of amides is 1. The summed E-state index contributed by atoms with van der Waals surface area (Å²) in [6.07, 6.45) is 4.49. The molecule has 1 atom stereocenters. The number of β-amino-alcohol motifs (C(OH)–C–C–N with tert-alkyl or cyclic N) is 1. The van der Waals surface area contributed by atoms with E-state index in [9.17, 15) is 9.90 Å². The van der Waals surface area contributed by atoms with Gasteiger partial charge in [-0.1, -0.05) is 17.3 Å². The van der Waals surface area contributed by atoms with Crippen molar-refractivity contribution < 1.29 is 9.90 Å². The normalized spacial score (nSPS) is 21.3. The van der Waals surface area contributed by atoms with E-state index < -0.39 is 6.10 Å². The van der Waals surface area contributed by atoms with Crippen LogP contribution in [0.5, 0.6) is 0 Å². The Kier molecular flexibility index (Phi) is 3.18. The van der Waals surface area contributed by atoms with Crippen molar-refractivity contribution in [2.45, 2.75) is 31.3 Å². The maximum Gasteiger partial charge on any atom is 0.256 e. The van der Waals surface area contributed by atoms with Gasteiger partial charge in [-0.15, -0.1) is 5.10 Å². The second kappa shape index (κ2) is 5.21. The third-order valence-electron chi connectivity index (χ3n) is 4.34. The number of aliphatic hydroxyl groups excluding tert-OH is 1. The van der Waals surface area contributed by atoms with Crippen LogP contribution in [0.3, 0.4) is 0 Å². The second-order valence-electron chi connectivity index (χ2n) is 6.07. The fraction of sp³-hybridized carbons (Fsp3) is 0.438. The van der Waals surface area contributed by atoms with Crippen molar-refractivity contribution in [1.29, 1.82) is 0 Å². The number of hydrogen-bond donors (Lipinski definition) is 1. The molecule has 1 N–H and O–H groups in total. The Hall–Kier alpha value is -2.21. The Bertz CT molecular complexity index is 708.